The highest BCUT2D eigenvalue weighted by molar-refractivity contribution is 6.01. The molecule has 0 radical (unpaired) electrons. The highest BCUT2D eigenvalue weighted by Crippen LogP contribution is 2.30. The molecule has 22 heavy (non-hydrogen) atoms. The van der Waals surface area contributed by atoms with Gasteiger partial charge in [0.15, 0.2) is 5.43 Å². The van der Waals surface area contributed by atoms with Crippen LogP contribution in [0.15, 0.2) is 52.1 Å². The predicted molar refractivity (Wildman–Crippen MR) is 87.2 cm³/mol. The summed E-state index contributed by atoms with van der Waals surface area (Å²) < 4.78 is 0. The zero-order chi connectivity index (χ0) is 15.3. The van der Waals surface area contributed by atoms with Gasteiger partial charge in [-0.25, -0.2) is 4.79 Å². The molecule has 0 spiro atoms. The van der Waals surface area contributed by atoms with Crippen LogP contribution in [0.2, 0.25) is 0 Å². The summed E-state index contributed by atoms with van der Waals surface area (Å²) in [5, 5.41) is 0.637. The van der Waals surface area contributed by atoms with Crippen LogP contribution in [0.4, 0.5) is 0 Å². The Morgan fingerprint density at radius 2 is 1.55 bits per heavy atom. The molecular weight excluding hydrogens is 278 g/mol. The number of nitrogens with one attached hydrogen (secondary N) is 3. The third-order valence-electron chi connectivity index (χ3n) is 3.84. The van der Waals surface area contributed by atoms with Crippen molar-refractivity contribution in [1.82, 2.24) is 15.0 Å². The van der Waals surface area contributed by atoms with Crippen LogP contribution in [-0.4, -0.2) is 15.0 Å². The van der Waals surface area contributed by atoms with Crippen LogP contribution in [0.1, 0.15) is 5.69 Å². The molecule has 3 N–H and O–H groups in total. The number of hydrogen-bond acceptors (Lipinski definition) is 2. The van der Waals surface area contributed by atoms with E-state index < -0.39 is 0 Å². The maximum absolute atomic E-state index is 12.2. The Bertz CT molecular complexity index is 1130. The van der Waals surface area contributed by atoms with Crippen molar-refractivity contribution in [2.75, 3.05) is 0 Å². The fourth-order valence-corrected chi connectivity index (χ4v) is 2.91. The van der Waals surface area contributed by atoms with Crippen molar-refractivity contribution in [3.05, 3.63) is 68.9 Å². The standard InChI is InChI=1S/C17H13N3O2/c1-9-8-14(21)12-6-2-4-10(15(12)18-9)11-5-3-7-13-16(11)20-17(22)19-13/h2-8H,1H3,(H,18,21)(H2,19,20,22). The zero-order valence-corrected chi connectivity index (χ0v) is 11.9. The molecule has 2 aromatic heterocycles. The normalized spacial score (nSPS) is 11.3. The van der Waals surface area contributed by atoms with Crippen LogP contribution in [0, 0.1) is 6.92 Å². The summed E-state index contributed by atoms with van der Waals surface area (Å²) in [6, 6.07) is 12.8. The molecule has 2 aromatic carbocycles. The van der Waals surface area contributed by atoms with E-state index in [0.29, 0.717) is 5.39 Å². The number of benzene rings is 2. The number of hydrogen-bond donors (Lipinski definition) is 3. The Labute approximate surface area is 124 Å². The van der Waals surface area contributed by atoms with Crippen LogP contribution in [0.5, 0.6) is 0 Å². The lowest BCUT2D eigenvalue weighted by Crippen LogP contribution is -2.03. The summed E-state index contributed by atoms with van der Waals surface area (Å²) >= 11 is 0. The molecule has 4 aromatic rings. The maximum Gasteiger partial charge on any atom is 0.323 e. The number of aromatic amines is 3. The first kappa shape index (κ1) is 12.6. The highest BCUT2D eigenvalue weighted by atomic mass is 16.1. The van der Waals surface area contributed by atoms with Gasteiger partial charge in [0.25, 0.3) is 0 Å². The second-order valence-corrected chi connectivity index (χ2v) is 5.35. The average Bonchev–Trinajstić information content (AvgIpc) is 2.86. The number of aryl methyl sites for hydroxylation is 1. The molecule has 0 saturated heterocycles. The number of H-pyrrole nitrogens is 3. The quantitative estimate of drug-likeness (QED) is 0.504. The summed E-state index contributed by atoms with van der Waals surface area (Å²) in [6.07, 6.45) is 0. The predicted octanol–water partition coefficient (Wildman–Crippen LogP) is 2.67. The van der Waals surface area contributed by atoms with Crippen molar-refractivity contribution in [1.29, 1.82) is 0 Å². The number of rotatable bonds is 1. The molecule has 0 saturated carbocycles. The van der Waals surface area contributed by atoms with Gasteiger partial charge in [-0.3, -0.25) is 4.79 Å². The van der Waals surface area contributed by atoms with E-state index in [1.807, 2.05) is 37.3 Å². The van der Waals surface area contributed by atoms with E-state index in [4.69, 9.17) is 0 Å². The Morgan fingerprint density at radius 3 is 2.36 bits per heavy atom. The third kappa shape index (κ3) is 1.79. The summed E-state index contributed by atoms with van der Waals surface area (Å²) in [5.74, 6) is 0. The fraction of sp³-hybridized carbons (Fsp3) is 0.0588. The highest BCUT2D eigenvalue weighted by Gasteiger charge is 2.11. The number of pyridine rings is 1. The van der Waals surface area contributed by atoms with Crippen molar-refractivity contribution >= 4 is 21.9 Å². The first-order valence-corrected chi connectivity index (χ1v) is 6.97. The van der Waals surface area contributed by atoms with Crippen LogP contribution in [0.25, 0.3) is 33.1 Å². The van der Waals surface area contributed by atoms with E-state index in [2.05, 4.69) is 15.0 Å². The van der Waals surface area contributed by atoms with Gasteiger partial charge in [-0.05, 0) is 19.1 Å². The molecule has 0 atom stereocenters. The average molecular weight is 291 g/mol. The van der Waals surface area contributed by atoms with E-state index in [0.717, 1.165) is 33.4 Å². The van der Waals surface area contributed by atoms with E-state index in [1.165, 1.54) is 0 Å². The van der Waals surface area contributed by atoms with Crippen molar-refractivity contribution in [3.63, 3.8) is 0 Å². The molecule has 0 aliphatic heterocycles. The van der Waals surface area contributed by atoms with Crippen molar-refractivity contribution in [2.45, 2.75) is 6.92 Å². The topological polar surface area (TPSA) is 81.5 Å². The van der Waals surface area contributed by atoms with Gasteiger partial charge in [0.1, 0.15) is 0 Å². The van der Waals surface area contributed by atoms with Crippen LogP contribution in [-0.2, 0) is 0 Å². The lowest BCUT2D eigenvalue weighted by Gasteiger charge is -2.08. The molecule has 0 amide bonds. The largest absolute Gasteiger partial charge is 0.358 e. The Balaban J connectivity index is 2.17. The van der Waals surface area contributed by atoms with Crippen LogP contribution < -0.4 is 11.1 Å². The first-order chi connectivity index (χ1) is 10.6. The Morgan fingerprint density at radius 1 is 0.818 bits per heavy atom. The lowest BCUT2D eigenvalue weighted by atomic mass is 10.0. The number of aromatic nitrogens is 3. The molecule has 5 heteroatoms. The van der Waals surface area contributed by atoms with Gasteiger partial charge >= 0.3 is 5.69 Å². The molecule has 0 bridgehead atoms. The van der Waals surface area contributed by atoms with Crippen LogP contribution >= 0.6 is 0 Å². The van der Waals surface area contributed by atoms with Gasteiger partial charge in [0.05, 0.1) is 16.6 Å². The van der Waals surface area contributed by atoms with E-state index in [1.54, 1.807) is 12.1 Å². The molecule has 0 unspecified atom stereocenters. The van der Waals surface area contributed by atoms with E-state index in [-0.39, 0.29) is 11.1 Å². The minimum Gasteiger partial charge on any atom is -0.358 e. The molecule has 0 aliphatic rings. The number of para-hydroxylation sites is 2. The monoisotopic (exact) mass is 291 g/mol. The van der Waals surface area contributed by atoms with Crippen LogP contribution in [0.3, 0.4) is 0 Å². The first-order valence-electron chi connectivity index (χ1n) is 6.97. The Kier molecular flexibility index (Phi) is 2.56. The van der Waals surface area contributed by atoms with Gasteiger partial charge in [-0.15, -0.1) is 0 Å². The minimum absolute atomic E-state index is 0.0113. The maximum atomic E-state index is 12.2. The van der Waals surface area contributed by atoms with Gasteiger partial charge in [0, 0.05) is 28.3 Å². The van der Waals surface area contributed by atoms with Gasteiger partial charge < -0.3 is 15.0 Å². The van der Waals surface area contributed by atoms with Crippen molar-refractivity contribution in [3.8, 4) is 11.1 Å². The lowest BCUT2D eigenvalue weighted by molar-refractivity contribution is 1.21. The van der Waals surface area contributed by atoms with E-state index in [9.17, 15) is 9.59 Å². The molecule has 2 heterocycles. The summed E-state index contributed by atoms with van der Waals surface area (Å²) in [6.45, 7) is 1.86. The zero-order valence-electron chi connectivity index (χ0n) is 11.9. The van der Waals surface area contributed by atoms with Gasteiger partial charge in [-0.1, -0.05) is 24.3 Å². The number of fused-ring (bicyclic) bond motifs is 2. The van der Waals surface area contributed by atoms with E-state index >= 15 is 0 Å². The third-order valence-corrected chi connectivity index (χ3v) is 3.84. The SMILES string of the molecule is Cc1cc(=O)c2cccc(-c3cccc4[nH]c(=O)[nH]c34)c2[nH]1. The molecule has 108 valence electrons. The molecule has 0 aliphatic carbocycles. The molecule has 4 rings (SSSR count). The van der Waals surface area contributed by atoms with Gasteiger partial charge in [0.2, 0.25) is 0 Å². The van der Waals surface area contributed by atoms with Crippen molar-refractivity contribution < 1.29 is 0 Å². The minimum atomic E-state index is -0.243. The number of imidazole rings is 1. The summed E-state index contributed by atoms with van der Waals surface area (Å²) in [5.41, 5.74) is 4.58. The molecule has 0 fully saturated rings. The fourth-order valence-electron chi connectivity index (χ4n) is 2.91. The van der Waals surface area contributed by atoms with Crippen molar-refractivity contribution in [2.24, 2.45) is 0 Å². The summed E-state index contributed by atoms with van der Waals surface area (Å²) in [4.78, 5) is 32.6. The molecular formula is C17H13N3O2. The van der Waals surface area contributed by atoms with Gasteiger partial charge in [-0.2, -0.15) is 0 Å². The second kappa shape index (κ2) is 4.46. The second-order valence-electron chi connectivity index (χ2n) is 5.35. The molecule has 5 nitrogen and oxygen atoms in total. The smallest absolute Gasteiger partial charge is 0.323 e. The summed E-state index contributed by atoms with van der Waals surface area (Å²) in [7, 11) is 0. The Hall–Kier alpha value is -3.08.